The largest absolute Gasteiger partial charge is 0.496 e. The van der Waals surface area contributed by atoms with Crippen LogP contribution in [0.2, 0.25) is 0 Å². The van der Waals surface area contributed by atoms with E-state index < -0.39 is 0 Å². The molecule has 0 fully saturated rings. The first-order valence-corrected chi connectivity index (χ1v) is 6.08. The van der Waals surface area contributed by atoms with Gasteiger partial charge in [0.2, 0.25) is 0 Å². The van der Waals surface area contributed by atoms with Crippen LogP contribution in [0.25, 0.3) is 5.57 Å². The van der Waals surface area contributed by atoms with E-state index in [9.17, 15) is 0 Å². The molecule has 0 radical (unpaired) electrons. The molecule has 0 aliphatic heterocycles. The normalized spacial score (nSPS) is 11.6. The predicted octanol–water partition coefficient (Wildman–Crippen LogP) is 4.49. The highest BCUT2D eigenvalue weighted by atomic mass is 79.9. The zero-order valence-corrected chi connectivity index (χ0v) is 11.2. The maximum atomic E-state index is 5.65. The summed E-state index contributed by atoms with van der Waals surface area (Å²) in [7, 11) is 1.68. The number of allylic oxidation sites excluding steroid dienone is 2. The molecule has 15 heavy (non-hydrogen) atoms. The van der Waals surface area contributed by atoms with Gasteiger partial charge in [-0.15, -0.1) is 11.6 Å². The summed E-state index contributed by atoms with van der Waals surface area (Å²) >= 11 is 9.11. The third kappa shape index (κ3) is 3.54. The third-order valence-corrected chi connectivity index (χ3v) is 2.86. The fourth-order valence-corrected chi connectivity index (χ4v) is 1.84. The maximum absolute atomic E-state index is 5.65. The standard InChI is InChI=1S/C12H14BrClO/c1-9(4-3-7-14)11-8-10(13)5-6-12(11)15-2/h4-6,8H,3,7H2,1-2H3/b9-4+. The van der Waals surface area contributed by atoms with E-state index in [-0.39, 0.29) is 0 Å². The van der Waals surface area contributed by atoms with E-state index in [1.165, 1.54) is 5.57 Å². The summed E-state index contributed by atoms with van der Waals surface area (Å²) in [6, 6.07) is 5.98. The highest BCUT2D eigenvalue weighted by Crippen LogP contribution is 2.29. The molecule has 82 valence electrons. The van der Waals surface area contributed by atoms with Gasteiger partial charge >= 0.3 is 0 Å². The van der Waals surface area contributed by atoms with Crippen molar-refractivity contribution >= 4 is 33.1 Å². The van der Waals surface area contributed by atoms with E-state index in [0.29, 0.717) is 5.88 Å². The first-order valence-electron chi connectivity index (χ1n) is 4.75. The van der Waals surface area contributed by atoms with Gasteiger partial charge in [0.05, 0.1) is 7.11 Å². The van der Waals surface area contributed by atoms with Crippen LogP contribution in [-0.2, 0) is 0 Å². The summed E-state index contributed by atoms with van der Waals surface area (Å²) in [6.07, 6.45) is 3.00. The number of rotatable bonds is 4. The molecule has 1 rings (SSSR count). The van der Waals surface area contributed by atoms with Crippen molar-refractivity contribution < 1.29 is 4.74 Å². The SMILES string of the molecule is COc1ccc(Br)cc1/C(C)=C/CCCl. The summed E-state index contributed by atoms with van der Waals surface area (Å²) in [5.41, 5.74) is 2.30. The molecule has 0 spiro atoms. The van der Waals surface area contributed by atoms with Crippen LogP contribution in [0.4, 0.5) is 0 Å². The second kappa shape index (κ2) is 6.19. The molecular weight excluding hydrogens is 275 g/mol. The topological polar surface area (TPSA) is 9.23 Å². The molecule has 0 N–H and O–H groups in total. The van der Waals surface area contributed by atoms with E-state index in [1.54, 1.807) is 7.11 Å². The average molecular weight is 290 g/mol. The zero-order chi connectivity index (χ0) is 11.3. The number of methoxy groups -OCH3 is 1. The molecule has 1 nitrogen and oxygen atoms in total. The molecule has 0 saturated carbocycles. The Labute approximate surface area is 104 Å². The minimum absolute atomic E-state index is 0.646. The van der Waals surface area contributed by atoms with Crippen molar-refractivity contribution in [1.29, 1.82) is 0 Å². The first kappa shape index (κ1) is 12.6. The van der Waals surface area contributed by atoms with Gasteiger partial charge < -0.3 is 4.74 Å². The van der Waals surface area contributed by atoms with Crippen LogP contribution in [0.3, 0.4) is 0 Å². The fraction of sp³-hybridized carbons (Fsp3) is 0.333. The van der Waals surface area contributed by atoms with Gasteiger partial charge in [-0.1, -0.05) is 22.0 Å². The Hall–Kier alpha value is -0.470. The van der Waals surface area contributed by atoms with Gasteiger partial charge in [0.1, 0.15) is 5.75 Å². The summed E-state index contributed by atoms with van der Waals surface area (Å²) in [6.45, 7) is 2.07. The number of ether oxygens (including phenoxy) is 1. The number of alkyl halides is 1. The molecule has 0 aliphatic carbocycles. The van der Waals surface area contributed by atoms with E-state index in [1.807, 2.05) is 12.1 Å². The molecule has 0 aromatic heterocycles. The summed E-state index contributed by atoms with van der Waals surface area (Å²) < 4.78 is 6.36. The van der Waals surface area contributed by atoms with Crippen molar-refractivity contribution in [3.63, 3.8) is 0 Å². The number of hydrogen-bond donors (Lipinski definition) is 0. The van der Waals surface area contributed by atoms with Gasteiger partial charge in [-0.2, -0.15) is 0 Å². The molecule has 0 saturated heterocycles. The minimum Gasteiger partial charge on any atom is -0.496 e. The lowest BCUT2D eigenvalue weighted by molar-refractivity contribution is 0.413. The lowest BCUT2D eigenvalue weighted by Gasteiger charge is -2.09. The molecule has 1 aromatic rings. The molecule has 0 bridgehead atoms. The maximum Gasteiger partial charge on any atom is 0.126 e. The molecular formula is C12H14BrClO. The smallest absolute Gasteiger partial charge is 0.126 e. The fourth-order valence-electron chi connectivity index (χ4n) is 1.37. The van der Waals surface area contributed by atoms with Crippen LogP contribution in [0.1, 0.15) is 18.9 Å². The van der Waals surface area contributed by atoms with Gasteiger partial charge in [-0.3, -0.25) is 0 Å². The Morgan fingerprint density at radius 2 is 2.27 bits per heavy atom. The zero-order valence-electron chi connectivity index (χ0n) is 8.89. The molecule has 0 amide bonds. The van der Waals surface area contributed by atoms with Crippen molar-refractivity contribution in [3.05, 3.63) is 34.3 Å². The highest BCUT2D eigenvalue weighted by Gasteiger charge is 2.04. The van der Waals surface area contributed by atoms with Crippen molar-refractivity contribution in [2.75, 3.05) is 13.0 Å². The number of halogens is 2. The lowest BCUT2D eigenvalue weighted by atomic mass is 10.1. The third-order valence-electron chi connectivity index (χ3n) is 2.15. The van der Waals surface area contributed by atoms with Crippen molar-refractivity contribution in [2.45, 2.75) is 13.3 Å². The Morgan fingerprint density at radius 1 is 1.53 bits per heavy atom. The molecule has 0 aliphatic rings. The summed E-state index contributed by atoms with van der Waals surface area (Å²) in [5, 5.41) is 0. The Morgan fingerprint density at radius 3 is 2.87 bits per heavy atom. The molecule has 0 heterocycles. The molecule has 3 heteroatoms. The number of hydrogen-bond acceptors (Lipinski definition) is 1. The molecule has 0 atom stereocenters. The van der Waals surface area contributed by atoms with Crippen LogP contribution in [0.5, 0.6) is 5.75 Å². The minimum atomic E-state index is 0.646. The van der Waals surface area contributed by atoms with Crippen molar-refractivity contribution in [1.82, 2.24) is 0 Å². The van der Waals surface area contributed by atoms with E-state index in [0.717, 1.165) is 22.2 Å². The van der Waals surface area contributed by atoms with Crippen LogP contribution in [0.15, 0.2) is 28.7 Å². The van der Waals surface area contributed by atoms with E-state index in [2.05, 4.69) is 35.0 Å². The second-order valence-electron chi connectivity index (χ2n) is 3.21. The Balaban J connectivity index is 3.05. The van der Waals surface area contributed by atoms with Crippen molar-refractivity contribution in [2.24, 2.45) is 0 Å². The van der Waals surface area contributed by atoms with Crippen LogP contribution < -0.4 is 4.74 Å². The van der Waals surface area contributed by atoms with Gasteiger partial charge in [0.15, 0.2) is 0 Å². The van der Waals surface area contributed by atoms with Gasteiger partial charge in [0, 0.05) is 15.9 Å². The highest BCUT2D eigenvalue weighted by molar-refractivity contribution is 9.10. The van der Waals surface area contributed by atoms with Gasteiger partial charge in [-0.05, 0) is 37.1 Å². The monoisotopic (exact) mass is 288 g/mol. The van der Waals surface area contributed by atoms with Crippen molar-refractivity contribution in [3.8, 4) is 5.75 Å². The van der Waals surface area contributed by atoms with E-state index in [4.69, 9.17) is 16.3 Å². The Bertz CT molecular complexity index is 361. The second-order valence-corrected chi connectivity index (χ2v) is 4.50. The quantitative estimate of drug-likeness (QED) is 0.742. The molecule has 1 aromatic carbocycles. The van der Waals surface area contributed by atoms with Crippen LogP contribution in [0, 0.1) is 0 Å². The van der Waals surface area contributed by atoms with Crippen LogP contribution >= 0.6 is 27.5 Å². The van der Waals surface area contributed by atoms with Gasteiger partial charge in [0.25, 0.3) is 0 Å². The number of benzene rings is 1. The van der Waals surface area contributed by atoms with Gasteiger partial charge in [-0.25, -0.2) is 0 Å². The average Bonchev–Trinajstić information content (AvgIpc) is 2.25. The predicted molar refractivity (Wildman–Crippen MR) is 69.7 cm³/mol. The first-order chi connectivity index (χ1) is 7.19. The Kier molecular flexibility index (Phi) is 5.20. The van der Waals surface area contributed by atoms with E-state index >= 15 is 0 Å². The molecule has 0 unspecified atom stereocenters. The summed E-state index contributed by atoms with van der Waals surface area (Å²) in [5.74, 6) is 1.54. The lowest BCUT2D eigenvalue weighted by Crippen LogP contribution is -1.90. The summed E-state index contributed by atoms with van der Waals surface area (Å²) in [4.78, 5) is 0. The van der Waals surface area contributed by atoms with Crippen LogP contribution in [-0.4, -0.2) is 13.0 Å².